The Bertz CT molecular complexity index is 462. The van der Waals surface area contributed by atoms with Crippen LogP contribution in [0.4, 0.5) is 0 Å². The highest BCUT2D eigenvalue weighted by Crippen LogP contribution is 2.07. The Morgan fingerprint density at radius 2 is 2.13 bits per heavy atom. The predicted molar refractivity (Wildman–Crippen MR) is 52.7 cm³/mol. The smallest absolute Gasteiger partial charge is 0.233 e. The summed E-state index contributed by atoms with van der Waals surface area (Å²) in [5.74, 6) is 0.439. The molecule has 76 valence electrons. The van der Waals surface area contributed by atoms with E-state index in [1.807, 2.05) is 0 Å². The van der Waals surface area contributed by atoms with E-state index in [4.69, 9.17) is 5.11 Å². The molecule has 1 N–H and O–H groups in total. The topological polar surface area (TPSA) is 68.0 Å². The molecule has 0 aliphatic carbocycles. The minimum absolute atomic E-state index is 0.0776. The van der Waals surface area contributed by atoms with Crippen molar-refractivity contribution in [2.75, 3.05) is 0 Å². The summed E-state index contributed by atoms with van der Waals surface area (Å²) in [5.41, 5.74) is 1.13. The number of aromatic nitrogens is 3. The van der Waals surface area contributed by atoms with Gasteiger partial charge in [-0.2, -0.15) is 0 Å². The fourth-order valence-corrected chi connectivity index (χ4v) is 1.26. The standard InChI is InChI=1S/C10H9N3O2/c14-6-8-4-11-10(12-5-8)13-3-1-2-9(13)7-15/h1-6,15H,7H2. The highest BCUT2D eigenvalue weighted by Gasteiger charge is 2.04. The zero-order valence-electron chi connectivity index (χ0n) is 7.87. The maximum absolute atomic E-state index is 10.4. The van der Waals surface area contributed by atoms with Gasteiger partial charge in [-0.05, 0) is 12.1 Å². The number of hydrogen-bond acceptors (Lipinski definition) is 4. The van der Waals surface area contributed by atoms with E-state index in [-0.39, 0.29) is 6.61 Å². The van der Waals surface area contributed by atoms with Crippen molar-refractivity contribution in [2.24, 2.45) is 0 Å². The Morgan fingerprint density at radius 1 is 1.40 bits per heavy atom. The van der Waals surface area contributed by atoms with Crippen LogP contribution in [0.15, 0.2) is 30.7 Å². The summed E-state index contributed by atoms with van der Waals surface area (Å²) in [7, 11) is 0. The van der Waals surface area contributed by atoms with Gasteiger partial charge in [-0.25, -0.2) is 9.97 Å². The monoisotopic (exact) mass is 203 g/mol. The van der Waals surface area contributed by atoms with Crippen molar-refractivity contribution in [1.29, 1.82) is 0 Å². The Kier molecular flexibility index (Phi) is 2.55. The molecule has 0 fully saturated rings. The van der Waals surface area contributed by atoms with Crippen LogP contribution in [-0.2, 0) is 6.61 Å². The van der Waals surface area contributed by atoms with Crippen LogP contribution in [0.3, 0.4) is 0 Å². The van der Waals surface area contributed by atoms with Crippen molar-refractivity contribution >= 4 is 6.29 Å². The number of hydrogen-bond donors (Lipinski definition) is 1. The molecule has 15 heavy (non-hydrogen) atoms. The van der Waals surface area contributed by atoms with Gasteiger partial charge in [0, 0.05) is 18.6 Å². The van der Waals surface area contributed by atoms with Gasteiger partial charge in [0.25, 0.3) is 0 Å². The second-order valence-electron chi connectivity index (χ2n) is 2.96. The maximum atomic E-state index is 10.4. The first-order valence-electron chi connectivity index (χ1n) is 4.40. The van der Waals surface area contributed by atoms with E-state index in [0.29, 0.717) is 23.5 Å². The van der Waals surface area contributed by atoms with E-state index >= 15 is 0 Å². The molecule has 0 saturated carbocycles. The number of nitrogens with zero attached hydrogens (tertiary/aromatic N) is 3. The van der Waals surface area contributed by atoms with Gasteiger partial charge in [-0.3, -0.25) is 9.36 Å². The van der Waals surface area contributed by atoms with E-state index in [9.17, 15) is 4.79 Å². The van der Waals surface area contributed by atoms with Crippen molar-refractivity contribution in [3.8, 4) is 5.95 Å². The molecule has 0 radical (unpaired) electrons. The largest absolute Gasteiger partial charge is 0.390 e. The average molecular weight is 203 g/mol. The van der Waals surface area contributed by atoms with Crippen LogP contribution in [0.1, 0.15) is 16.1 Å². The quantitative estimate of drug-likeness (QED) is 0.740. The van der Waals surface area contributed by atoms with Crippen LogP contribution in [0.2, 0.25) is 0 Å². The van der Waals surface area contributed by atoms with Gasteiger partial charge in [0.15, 0.2) is 6.29 Å². The minimum Gasteiger partial charge on any atom is -0.390 e. The van der Waals surface area contributed by atoms with Gasteiger partial charge < -0.3 is 5.11 Å². The predicted octanol–water partition coefficient (Wildman–Crippen LogP) is 0.572. The summed E-state index contributed by atoms with van der Waals surface area (Å²) >= 11 is 0. The molecular weight excluding hydrogens is 194 g/mol. The highest BCUT2D eigenvalue weighted by atomic mass is 16.3. The second kappa shape index (κ2) is 4.02. The third kappa shape index (κ3) is 1.77. The van der Waals surface area contributed by atoms with Gasteiger partial charge in [0.2, 0.25) is 5.95 Å². The van der Waals surface area contributed by atoms with E-state index in [2.05, 4.69) is 9.97 Å². The molecule has 0 atom stereocenters. The number of aliphatic hydroxyl groups excluding tert-OH is 1. The molecule has 0 aromatic carbocycles. The number of aliphatic hydroxyl groups is 1. The molecule has 0 aliphatic heterocycles. The number of carbonyl (C=O) groups excluding carboxylic acids is 1. The molecule has 2 rings (SSSR count). The summed E-state index contributed by atoms with van der Waals surface area (Å²) in [6, 6.07) is 3.57. The molecular formula is C10H9N3O2. The van der Waals surface area contributed by atoms with Crippen molar-refractivity contribution in [3.63, 3.8) is 0 Å². The lowest BCUT2D eigenvalue weighted by Gasteiger charge is -2.04. The molecule has 0 saturated heterocycles. The Hall–Kier alpha value is -2.01. The van der Waals surface area contributed by atoms with Crippen LogP contribution < -0.4 is 0 Å². The summed E-state index contributed by atoms with van der Waals surface area (Å²) < 4.78 is 1.66. The van der Waals surface area contributed by atoms with Crippen LogP contribution in [-0.4, -0.2) is 25.9 Å². The summed E-state index contributed by atoms with van der Waals surface area (Å²) in [6.07, 6.45) is 5.32. The molecule has 5 nitrogen and oxygen atoms in total. The Labute approximate surface area is 86.0 Å². The SMILES string of the molecule is O=Cc1cnc(-n2cccc2CO)nc1. The normalized spacial score (nSPS) is 10.2. The van der Waals surface area contributed by atoms with Gasteiger partial charge in [-0.1, -0.05) is 0 Å². The molecule has 0 unspecified atom stereocenters. The Morgan fingerprint density at radius 3 is 2.73 bits per heavy atom. The lowest BCUT2D eigenvalue weighted by molar-refractivity contribution is 0.112. The number of carbonyl (C=O) groups is 1. The molecule has 0 aliphatic rings. The van der Waals surface area contributed by atoms with E-state index < -0.39 is 0 Å². The summed E-state index contributed by atoms with van der Waals surface area (Å²) in [4.78, 5) is 18.4. The first-order valence-corrected chi connectivity index (χ1v) is 4.40. The molecule has 0 amide bonds. The molecule has 2 aromatic rings. The van der Waals surface area contributed by atoms with Gasteiger partial charge in [-0.15, -0.1) is 0 Å². The number of aldehydes is 1. The van der Waals surface area contributed by atoms with Gasteiger partial charge in [0.1, 0.15) is 0 Å². The number of rotatable bonds is 3. The first kappa shape index (κ1) is 9.54. The second-order valence-corrected chi connectivity index (χ2v) is 2.96. The lowest BCUT2D eigenvalue weighted by atomic mass is 10.4. The molecule has 2 heterocycles. The zero-order chi connectivity index (χ0) is 10.7. The van der Waals surface area contributed by atoms with Crippen molar-refractivity contribution in [3.05, 3.63) is 42.0 Å². The molecule has 5 heteroatoms. The molecule has 2 aromatic heterocycles. The molecule has 0 spiro atoms. The third-order valence-corrected chi connectivity index (χ3v) is 2.00. The van der Waals surface area contributed by atoms with E-state index in [0.717, 1.165) is 0 Å². The highest BCUT2D eigenvalue weighted by molar-refractivity contribution is 5.73. The Balaban J connectivity index is 2.41. The van der Waals surface area contributed by atoms with Crippen molar-refractivity contribution in [2.45, 2.75) is 6.61 Å². The molecule has 0 bridgehead atoms. The average Bonchev–Trinajstić information content (AvgIpc) is 2.77. The zero-order valence-corrected chi connectivity index (χ0v) is 7.87. The van der Waals surface area contributed by atoms with Crippen LogP contribution in [0.25, 0.3) is 5.95 Å². The maximum Gasteiger partial charge on any atom is 0.233 e. The van der Waals surface area contributed by atoms with Crippen LogP contribution >= 0.6 is 0 Å². The van der Waals surface area contributed by atoms with Gasteiger partial charge >= 0.3 is 0 Å². The van der Waals surface area contributed by atoms with Gasteiger partial charge in [0.05, 0.1) is 17.9 Å². The lowest BCUT2D eigenvalue weighted by Crippen LogP contribution is -2.04. The first-order chi connectivity index (χ1) is 7.35. The van der Waals surface area contributed by atoms with Crippen LogP contribution in [0.5, 0.6) is 0 Å². The van der Waals surface area contributed by atoms with Crippen molar-refractivity contribution in [1.82, 2.24) is 14.5 Å². The fraction of sp³-hybridized carbons (Fsp3) is 0.100. The summed E-state index contributed by atoms with van der Waals surface area (Å²) in [6.45, 7) is -0.0776. The van der Waals surface area contributed by atoms with Crippen molar-refractivity contribution < 1.29 is 9.90 Å². The third-order valence-electron chi connectivity index (χ3n) is 2.00. The van der Waals surface area contributed by atoms with E-state index in [1.54, 1.807) is 22.9 Å². The minimum atomic E-state index is -0.0776. The summed E-state index contributed by atoms with van der Waals surface area (Å²) in [5, 5.41) is 9.04. The fourth-order valence-electron chi connectivity index (χ4n) is 1.26. The van der Waals surface area contributed by atoms with Crippen LogP contribution in [0, 0.1) is 0 Å². The van der Waals surface area contributed by atoms with E-state index in [1.165, 1.54) is 12.4 Å².